The van der Waals surface area contributed by atoms with Crippen LogP contribution in [-0.4, -0.2) is 49.4 Å². The third-order valence-electron chi connectivity index (χ3n) is 2.88. The zero-order chi connectivity index (χ0) is 12.8. The van der Waals surface area contributed by atoms with Gasteiger partial charge in [-0.05, 0) is 39.3 Å². The normalized spacial score (nSPS) is 18.3. The van der Waals surface area contributed by atoms with E-state index < -0.39 is 0 Å². The smallest absolute Gasteiger partial charge is 0.239 e. The van der Waals surface area contributed by atoms with Crippen LogP contribution in [0.5, 0.6) is 0 Å². The molecule has 1 unspecified atom stereocenters. The molecule has 2 N–H and O–H groups in total. The molecule has 0 aromatic rings. The number of halogens is 1. The van der Waals surface area contributed by atoms with Crippen molar-refractivity contribution >= 4 is 24.2 Å². The monoisotopic (exact) mass is 277 g/mol. The van der Waals surface area contributed by atoms with Gasteiger partial charge in [-0.3, -0.25) is 9.59 Å². The van der Waals surface area contributed by atoms with E-state index in [1.165, 1.54) is 4.90 Å². The number of hydrogen-bond donors (Lipinski definition) is 2. The second-order valence-corrected chi connectivity index (χ2v) is 5.03. The Bertz CT molecular complexity index is 278. The lowest BCUT2D eigenvalue weighted by molar-refractivity contribution is -0.135. The maximum atomic E-state index is 11.8. The van der Waals surface area contributed by atoms with E-state index in [4.69, 9.17) is 0 Å². The summed E-state index contributed by atoms with van der Waals surface area (Å²) in [5, 5.41) is 6.01. The zero-order valence-electron chi connectivity index (χ0n) is 11.4. The molecule has 0 saturated carbocycles. The Labute approximate surface area is 115 Å². The van der Waals surface area contributed by atoms with Crippen LogP contribution >= 0.6 is 12.4 Å². The van der Waals surface area contributed by atoms with Crippen LogP contribution in [0.2, 0.25) is 0 Å². The number of carbonyl (C=O) groups excluding carboxylic acids is 2. The minimum Gasteiger partial charge on any atom is -0.352 e. The molecule has 0 aliphatic carbocycles. The van der Waals surface area contributed by atoms with Crippen LogP contribution in [0.15, 0.2) is 0 Å². The summed E-state index contributed by atoms with van der Waals surface area (Å²) in [4.78, 5) is 24.8. The lowest BCUT2D eigenvalue weighted by Gasteiger charge is -2.19. The van der Waals surface area contributed by atoms with Gasteiger partial charge in [0.05, 0.1) is 6.54 Å². The van der Waals surface area contributed by atoms with E-state index in [-0.39, 0.29) is 36.8 Å². The number of likely N-dealkylation sites (N-methyl/N-ethyl adjacent to an activating group) is 1. The molecule has 0 aromatic carbocycles. The van der Waals surface area contributed by atoms with E-state index in [2.05, 4.69) is 10.6 Å². The van der Waals surface area contributed by atoms with Crippen LogP contribution < -0.4 is 10.6 Å². The molecule has 1 saturated heterocycles. The average Bonchev–Trinajstić information content (AvgIpc) is 2.68. The first kappa shape index (κ1) is 17.2. The first-order valence-electron chi connectivity index (χ1n) is 6.23. The topological polar surface area (TPSA) is 61.4 Å². The van der Waals surface area contributed by atoms with Gasteiger partial charge in [-0.25, -0.2) is 0 Å². The van der Waals surface area contributed by atoms with E-state index >= 15 is 0 Å². The molecule has 0 aromatic heterocycles. The van der Waals surface area contributed by atoms with E-state index in [0.29, 0.717) is 12.3 Å². The molecule has 2 amide bonds. The van der Waals surface area contributed by atoms with Gasteiger partial charge in [0.1, 0.15) is 0 Å². The third kappa shape index (κ3) is 6.21. The molecular weight excluding hydrogens is 254 g/mol. The average molecular weight is 278 g/mol. The Hall–Kier alpha value is -0.810. The fourth-order valence-corrected chi connectivity index (χ4v) is 1.96. The van der Waals surface area contributed by atoms with Crippen molar-refractivity contribution in [2.75, 3.05) is 26.7 Å². The van der Waals surface area contributed by atoms with Gasteiger partial charge in [0.2, 0.25) is 11.8 Å². The van der Waals surface area contributed by atoms with Crippen LogP contribution in [0.4, 0.5) is 0 Å². The summed E-state index contributed by atoms with van der Waals surface area (Å²) in [6.45, 7) is 5.87. The highest BCUT2D eigenvalue weighted by Gasteiger charge is 2.21. The van der Waals surface area contributed by atoms with Gasteiger partial charge in [0.25, 0.3) is 0 Å². The lowest BCUT2D eigenvalue weighted by atomic mass is 10.0. The second-order valence-electron chi connectivity index (χ2n) is 5.03. The first-order valence-corrected chi connectivity index (χ1v) is 6.23. The van der Waals surface area contributed by atoms with Crippen molar-refractivity contribution in [1.82, 2.24) is 15.5 Å². The summed E-state index contributed by atoms with van der Waals surface area (Å²) in [7, 11) is 1.69. The highest BCUT2D eigenvalue weighted by atomic mass is 35.5. The minimum absolute atomic E-state index is 0. The minimum atomic E-state index is -0.0969. The summed E-state index contributed by atoms with van der Waals surface area (Å²) < 4.78 is 0. The Kier molecular flexibility index (Phi) is 7.95. The quantitative estimate of drug-likeness (QED) is 0.764. The Morgan fingerprint density at radius 1 is 1.44 bits per heavy atom. The molecule has 6 heteroatoms. The lowest BCUT2D eigenvalue weighted by Crippen LogP contribution is -2.41. The van der Waals surface area contributed by atoms with Gasteiger partial charge in [-0.1, -0.05) is 0 Å². The number of amides is 2. The van der Waals surface area contributed by atoms with Crippen molar-refractivity contribution in [2.24, 2.45) is 5.92 Å². The zero-order valence-corrected chi connectivity index (χ0v) is 12.2. The van der Waals surface area contributed by atoms with Crippen LogP contribution in [0.25, 0.3) is 0 Å². The molecule has 18 heavy (non-hydrogen) atoms. The molecule has 0 radical (unpaired) electrons. The number of nitrogens with one attached hydrogen (secondary N) is 2. The Morgan fingerprint density at radius 2 is 2.11 bits per heavy atom. The standard InChI is InChI=1S/C12H23N3O2.ClH/c1-9(2)14-11(16)8-15(3)12(17)6-10-4-5-13-7-10;/h9-10,13H,4-8H2,1-3H3,(H,14,16);1H. The van der Waals surface area contributed by atoms with Gasteiger partial charge in [-0.2, -0.15) is 0 Å². The molecule has 106 valence electrons. The molecule has 1 fully saturated rings. The van der Waals surface area contributed by atoms with Gasteiger partial charge in [0.15, 0.2) is 0 Å². The van der Waals surface area contributed by atoms with Crippen molar-refractivity contribution in [3.05, 3.63) is 0 Å². The predicted molar refractivity (Wildman–Crippen MR) is 73.8 cm³/mol. The maximum Gasteiger partial charge on any atom is 0.239 e. The third-order valence-corrected chi connectivity index (χ3v) is 2.88. The molecule has 0 spiro atoms. The molecule has 1 heterocycles. The number of rotatable bonds is 5. The molecule has 1 aliphatic heterocycles. The summed E-state index contributed by atoms with van der Waals surface area (Å²) >= 11 is 0. The van der Waals surface area contributed by atoms with Crippen molar-refractivity contribution in [3.63, 3.8) is 0 Å². The maximum absolute atomic E-state index is 11.8. The molecular formula is C12H24ClN3O2. The number of nitrogens with zero attached hydrogens (tertiary/aromatic N) is 1. The summed E-state index contributed by atoms with van der Waals surface area (Å²) in [6, 6.07) is 0.116. The summed E-state index contributed by atoms with van der Waals surface area (Å²) in [5.74, 6) is 0.385. The second kappa shape index (κ2) is 8.32. The first-order chi connectivity index (χ1) is 7.99. The van der Waals surface area contributed by atoms with Crippen LogP contribution in [0.3, 0.4) is 0 Å². The molecule has 1 aliphatic rings. The fourth-order valence-electron chi connectivity index (χ4n) is 1.96. The molecule has 5 nitrogen and oxygen atoms in total. The van der Waals surface area contributed by atoms with Crippen molar-refractivity contribution < 1.29 is 9.59 Å². The predicted octanol–water partition coefficient (Wildman–Crippen LogP) is 0.391. The van der Waals surface area contributed by atoms with Gasteiger partial charge < -0.3 is 15.5 Å². The van der Waals surface area contributed by atoms with Crippen LogP contribution in [0.1, 0.15) is 26.7 Å². The number of hydrogen-bond acceptors (Lipinski definition) is 3. The molecule has 1 atom stereocenters. The fraction of sp³-hybridized carbons (Fsp3) is 0.833. The van der Waals surface area contributed by atoms with Crippen LogP contribution in [-0.2, 0) is 9.59 Å². The van der Waals surface area contributed by atoms with E-state index in [0.717, 1.165) is 19.5 Å². The largest absolute Gasteiger partial charge is 0.352 e. The summed E-state index contributed by atoms with van der Waals surface area (Å²) in [5.41, 5.74) is 0. The Balaban J connectivity index is 0.00000289. The number of carbonyl (C=O) groups is 2. The SMILES string of the molecule is CC(C)NC(=O)CN(C)C(=O)CC1CCNC1.Cl. The van der Waals surface area contributed by atoms with Crippen LogP contribution in [0, 0.1) is 5.92 Å². The Morgan fingerprint density at radius 3 is 2.61 bits per heavy atom. The van der Waals surface area contributed by atoms with Gasteiger partial charge in [-0.15, -0.1) is 12.4 Å². The van der Waals surface area contributed by atoms with Gasteiger partial charge >= 0.3 is 0 Å². The van der Waals surface area contributed by atoms with E-state index in [1.54, 1.807) is 7.05 Å². The van der Waals surface area contributed by atoms with Gasteiger partial charge in [0, 0.05) is 19.5 Å². The highest BCUT2D eigenvalue weighted by Crippen LogP contribution is 2.13. The molecule has 1 rings (SSSR count). The van der Waals surface area contributed by atoms with Crippen molar-refractivity contribution in [3.8, 4) is 0 Å². The highest BCUT2D eigenvalue weighted by molar-refractivity contribution is 5.85. The van der Waals surface area contributed by atoms with Crippen molar-refractivity contribution in [2.45, 2.75) is 32.7 Å². The molecule has 0 bridgehead atoms. The van der Waals surface area contributed by atoms with E-state index in [1.807, 2.05) is 13.8 Å². The summed E-state index contributed by atoms with van der Waals surface area (Å²) in [6.07, 6.45) is 1.59. The van der Waals surface area contributed by atoms with E-state index in [9.17, 15) is 9.59 Å². The van der Waals surface area contributed by atoms with Crippen molar-refractivity contribution in [1.29, 1.82) is 0 Å².